The van der Waals surface area contributed by atoms with Crippen molar-refractivity contribution in [2.75, 3.05) is 24.6 Å². The van der Waals surface area contributed by atoms with Gasteiger partial charge in [0, 0.05) is 37.5 Å². The molecule has 0 aliphatic rings. The first-order valence-electron chi connectivity index (χ1n) is 5.84. The number of nitrogen functional groups attached to an aromatic ring is 2. The third-order valence-electron chi connectivity index (χ3n) is 2.32. The number of anilines is 2. The van der Waals surface area contributed by atoms with Gasteiger partial charge in [0.15, 0.2) is 0 Å². The molecule has 0 aliphatic heterocycles. The number of nitrogens with two attached hydrogens (primary N) is 2. The monoisotopic (exact) mass is 262 g/mol. The molecule has 1 aromatic rings. The van der Waals surface area contributed by atoms with E-state index in [-0.39, 0.29) is 11.8 Å². The summed E-state index contributed by atoms with van der Waals surface area (Å²) >= 11 is 0. The number of amides is 2. The van der Waals surface area contributed by atoms with E-state index in [0.29, 0.717) is 30.0 Å². The van der Waals surface area contributed by atoms with Crippen molar-refractivity contribution in [2.24, 2.45) is 0 Å². The van der Waals surface area contributed by atoms with Gasteiger partial charge >= 0.3 is 0 Å². The van der Waals surface area contributed by atoms with E-state index >= 15 is 0 Å². The Morgan fingerprint density at radius 3 is 2.58 bits per heavy atom. The number of hydrogen-bond acceptors (Lipinski definition) is 4. The first kappa shape index (κ1) is 14.6. The standard InChI is InChI=1S/C13H18N4O2/c1-9(18)16-6-7-17-13(19)5-2-10-8-11(14)3-4-12(10)15/h2-5,8H,6-7,14-15H2,1H3,(H,16,18)(H,17,19). The molecule has 0 saturated carbocycles. The van der Waals surface area contributed by atoms with Crippen LogP contribution >= 0.6 is 0 Å². The summed E-state index contributed by atoms with van der Waals surface area (Å²) < 4.78 is 0. The molecule has 0 spiro atoms. The second-order valence-corrected chi connectivity index (χ2v) is 4.00. The maximum absolute atomic E-state index is 11.5. The minimum Gasteiger partial charge on any atom is -0.399 e. The second kappa shape index (κ2) is 7.05. The van der Waals surface area contributed by atoms with Gasteiger partial charge in [-0.2, -0.15) is 0 Å². The summed E-state index contributed by atoms with van der Waals surface area (Å²) in [6, 6.07) is 5.07. The van der Waals surface area contributed by atoms with Crippen LogP contribution in [-0.2, 0) is 9.59 Å². The molecule has 0 radical (unpaired) electrons. The van der Waals surface area contributed by atoms with Gasteiger partial charge in [0.2, 0.25) is 11.8 Å². The largest absolute Gasteiger partial charge is 0.399 e. The van der Waals surface area contributed by atoms with Gasteiger partial charge in [-0.15, -0.1) is 0 Å². The Hall–Kier alpha value is -2.50. The van der Waals surface area contributed by atoms with Gasteiger partial charge in [-0.05, 0) is 29.8 Å². The minimum absolute atomic E-state index is 0.127. The number of carbonyl (C=O) groups is 2. The van der Waals surface area contributed by atoms with E-state index in [9.17, 15) is 9.59 Å². The molecule has 0 aromatic heterocycles. The van der Waals surface area contributed by atoms with Gasteiger partial charge in [0.1, 0.15) is 0 Å². The molecule has 0 fully saturated rings. The zero-order valence-electron chi connectivity index (χ0n) is 10.8. The lowest BCUT2D eigenvalue weighted by atomic mass is 10.1. The molecule has 2 amide bonds. The number of benzene rings is 1. The van der Waals surface area contributed by atoms with Gasteiger partial charge in [-0.25, -0.2) is 0 Å². The predicted molar refractivity (Wildman–Crippen MR) is 76.0 cm³/mol. The Balaban J connectivity index is 2.45. The zero-order chi connectivity index (χ0) is 14.3. The van der Waals surface area contributed by atoms with Crippen molar-refractivity contribution in [2.45, 2.75) is 6.92 Å². The highest BCUT2D eigenvalue weighted by Gasteiger charge is 1.98. The highest BCUT2D eigenvalue weighted by molar-refractivity contribution is 5.92. The maximum Gasteiger partial charge on any atom is 0.244 e. The van der Waals surface area contributed by atoms with Crippen LogP contribution in [0.2, 0.25) is 0 Å². The van der Waals surface area contributed by atoms with Crippen molar-refractivity contribution in [1.29, 1.82) is 0 Å². The van der Waals surface area contributed by atoms with Crippen molar-refractivity contribution in [3.63, 3.8) is 0 Å². The van der Waals surface area contributed by atoms with Gasteiger partial charge in [0.25, 0.3) is 0 Å². The van der Waals surface area contributed by atoms with Gasteiger partial charge in [-0.3, -0.25) is 9.59 Å². The molecule has 1 aromatic carbocycles. The third-order valence-corrected chi connectivity index (χ3v) is 2.32. The molecule has 0 unspecified atom stereocenters. The lowest BCUT2D eigenvalue weighted by Gasteiger charge is -2.03. The Morgan fingerprint density at radius 1 is 1.21 bits per heavy atom. The molecular weight excluding hydrogens is 244 g/mol. The van der Waals surface area contributed by atoms with Crippen LogP contribution in [0.15, 0.2) is 24.3 Å². The quantitative estimate of drug-likeness (QED) is 0.343. The van der Waals surface area contributed by atoms with E-state index < -0.39 is 0 Å². The van der Waals surface area contributed by atoms with Gasteiger partial charge in [-0.1, -0.05) is 0 Å². The fourth-order valence-corrected chi connectivity index (χ4v) is 1.39. The number of nitrogens with one attached hydrogen (secondary N) is 2. The smallest absolute Gasteiger partial charge is 0.244 e. The summed E-state index contributed by atoms with van der Waals surface area (Å²) in [5.74, 6) is -0.385. The van der Waals surface area contributed by atoms with E-state index in [2.05, 4.69) is 10.6 Å². The normalized spacial score (nSPS) is 10.4. The predicted octanol–water partition coefficient (Wildman–Crippen LogP) is 0.117. The summed E-state index contributed by atoms with van der Waals surface area (Å²) in [4.78, 5) is 22.1. The second-order valence-electron chi connectivity index (χ2n) is 4.00. The lowest BCUT2D eigenvalue weighted by Crippen LogP contribution is -2.32. The third kappa shape index (κ3) is 5.58. The van der Waals surface area contributed by atoms with E-state index in [0.717, 1.165) is 0 Å². The molecule has 6 nitrogen and oxygen atoms in total. The van der Waals surface area contributed by atoms with Crippen LogP contribution in [0.1, 0.15) is 12.5 Å². The van der Waals surface area contributed by atoms with Crippen LogP contribution in [0, 0.1) is 0 Å². The summed E-state index contributed by atoms with van der Waals surface area (Å²) in [5, 5.41) is 5.21. The summed E-state index contributed by atoms with van der Waals surface area (Å²) in [5.41, 5.74) is 13.2. The van der Waals surface area contributed by atoms with E-state index in [1.54, 1.807) is 24.3 Å². The van der Waals surface area contributed by atoms with Crippen LogP contribution in [0.3, 0.4) is 0 Å². The molecule has 6 N–H and O–H groups in total. The van der Waals surface area contributed by atoms with Crippen molar-refractivity contribution >= 4 is 29.3 Å². The molecule has 19 heavy (non-hydrogen) atoms. The number of rotatable bonds is 5. The summed E-state index contributed by atoms with van der Waals surface area (Å²) in [6.45, 7) is 2.19. The molecule has 0 aliphatic carbocycles. The Bertz CT molecular complexity index is 497. The molecule has 0 saturated heterocycles. The first-order valence-corrected chi connectivity index (χ1v) is 5.84. The van der Waals surface area contributed by atoms with Crippen LogP contribution in [-0.4, -0.2) is 24.9 Å². The molecule has 0 heterocycles. The van der Waals surface area contributed by atoms with Gasteiger partial charge < -0.3 is 22.1 Å². The van der Waals surface area contributed by atoms with Crippen molar-refractivity contribution in [3.05, 3.63) is 29.8 Å². The lowest BCUT2D eigenvalue weighted by molar-refractivity contribution is -0.119. The van der Waals surface area contributed by atoms with Crippen molar-refractivity contribution in [1.82, 2.24) is 10.6 Å². The number of hydrogen-bond donors (Lipinski definition) is 4. The Kier molecular flexibility index (Phi) is 5.40. The molecule has 0 bridgehead atoms. The van der Waals surface area contributed by atoms with E-state index in [1.807, 2.05) is 0 Å². The molecule has 102 valence electrons. The average Bonchev–Trinajstić information content (AvgIpc) is 2.35. The summed E-state index contributed by atoms with van der Waals surface area (Å²) in [6.07, 6.45) is 2.97. The Morgan fingerprint density at radius 2 is 1.89 bits per heavy atom. The van der Waals surface area contributed by atoms with Crippen LogP contribution in [0.25, 0.3) is 6.08 Å². The van der Waals surface area contributed by atoms with E-state index in [1.165, 1.54) is 13.0 Å². The van der Waals surface area contributed by atoms with Crippen LogP contribution in [0.4, 0.5) is 11.4 Å². The fourth-order valence-electron chi connectivity index (χ4n) is 1.39. The maximum atomic E-state index is 11.5. The van der Waals surface area contributed by atoms with Crippen molar-refractivity contribution in [3.8, 4) is 0 Å². The van der Waals surface area contributed by atoms with E-state index in [4.69, 9.17) is 11.5 Å². The highest BCUT2D eigenvalue weighted by Crippen LogP contribution is 2.16. The minimum atomic E-state index is -0.257. The zero-order valence-corrected chi connectivity index (χ0v) is 10.8. The topological polar surface area (TPSA) is 110 Å². The number of carbonyl (C=O) groups excluding carboxylic acids is 2. The fraction of sp³-hybridized carbons (Fsp3) is 0.231. The van der Waals surface area contributed by atoms with Crippen LogP contribution in [0.5, 0.6) is 0 Å². The van der Waals surface area contributed by atoms with Crippen molar-refractivity contribution < 1.29 is 9.59 Å². The molecule has 6 heteroatoms. The summed E-state index contributed by atoms with van der Waals surface area (Å²) in [7, 11) is 0. The van der Waals surface area contributed by atoms with Crippen LogP contribution < -0.4 is 22.1 Å². The Labute approximate surface area is 111 Å². The molecule has 0 atom stereocenters. The molecule has 1 rings (SSSR count). The molecular formula is C13H18N4O2. The SMILES string of the molecule is CC(=O)NCCNC(=O)C=Cc1cc(N)ccc1N. The first-order chi connectivity index (χ1) is 8.99. The highest BCUT2D eigenvalue weighted by atomic mass is 16.2. The van der Waals surface area contributed by atoms with Gasteiger partial charge in [0.05, 0.1) is 0 Å². The average molecular weight is 262 g/mol.